The normalized spacial score (nSPS) is 31.2. The van der Waals surface area contributed by atoms with Gasteiger partial charge < -0.3 is 4.74 Å². The number of hydrogen-bond donors (Lipinski definition) is 0. The van der Waals surface area contributed by atoms with Gasteiger partial charge in [-0.1, -0.05) is 13.5 Å². The predicted molar refractivity (Wildman–Crippen MR) is 38.0 cm³/mol. The Labute approximate surface area is 65.0 Å². The van der Waals surface area contributed by atoms with E-state index in [4.69, 9.17) is 4.74 Å². The van der Waals surface area contributed by atoms with Crippen LogP contribution in [0.15, 0.2) is 12.7 Å². The summed E-state index contributed by atoms with van der Waals surface area (Å²) in [4.78, 5) is 10.6. The number of carbonyl (C=O) groups is 1. The molecule has 0 aliphatic carbocycles. The van der Waals surface area contributed by atoms with Gasteiger partial charge in [0.05, 0.1) is 6.42 Å². The summed E-state index contributed by atoms with van der Waals surface area (Å²) >= 11 is 0. The van der Waals surface area contributed by atoms with Crippen molar-refractivity contribution in [3.05, 3.63) is 12.7 Å². The van der Waals surface area contributed by atoms with Gasteiger partial charge in [0.15, 0.2) is 0 Å². The highest BCUT2D eigenvalue weighted by Gasteiger charge is 2.78. The lowest BCUT2D eigenvalue weighted by atomic mass is 10.5. The van der Waals surface area contributed by atoms with Gasteiger partial charge in [0.1, 0.15) is 0 Å². The fraction of sp³-hybridized carbons (Fsp3) is 0.500. The first kappa shape index (κ1) is 8.37. The van der Waals surface area contributed by atoms with Gasteiger partial charge in [0.2, 0.25) is 0 Å². The fourth-order valence-electron chi connectivity index (χ4n) is 0.630. The van der Waals surface area contributed by atoms with Gasteiger partial charge in [-0.3, -0.25) is 0 Å². The second-order valence-electron chi connectivity index (χ2n) is 2.04. The van der Waals surface area contributed by atoms with Gasteiger partial charge in [-0.15, -0.1) is 0 Å². The predicted octanol–water partition coefficient (Wildman–Crippen LogP) is 1.55. The Morgan fingerprint density at radius 1 is 1.91 bits per heavy atom. The van der Waals surface area contributed by atoms with Crippen LogP contribution < -0.4 is 0 Å². The Hall–Kier alpha value is -0.730. The maximum absolute atomic E-state index is 10.7. The molecule has 60 valence electrons. The van der Waals surface area contributed by atoms with Crippen molar-refractivity contribution >= 4 is 14.0 Å². The van der Waals surface area contributed by atoms with Crippen LogP contribution >= 0.6 is 8.03 Å². The number of rotatable bonds is 3. The van der Waals surface area contributed by atoms with Crippen LogP contribution in [0.25, 0.3) is 0 Å². The van der Waals surface area contributed by atoms with Crippen molar-refractivity contribution in [2.75, 3.05) is 0 Å². The highest BCUT2D eigenvalue weighted by molar-refractivity contribution is 7.47. The molecule has 1 aliphatic rings. The van der Waals surface area contributed by atoms with E-state index in [0.717, 1.165) is 6.08 Å². The minimum Gasteiger partial charge on any atom is -0.383 e. The molecule has 0 radical (unpaired) electrons. The molecule has 1 rings (SSSR count). The van der Waals surface area contributed by atoms with Gasteiger partial charge in [-0.2, -0.15) is 0 Å². The van der Waals surface area contributed by atoms with E-state index in [9.17, 15) is 9.36 Å². The Morgan fingerprint density at radius 2 is 2.45 bits per heavy atom. The summed E-state index contributed by atoms with van der Waals surface area (Å²) in [6.07, 6.45) is 1.42. The largest absolute Gasteiger partial charge is 0.602 e. The van der Waals surface area contributed by atoms with Gasteiger partial charge >= 0.3 is 19.5 Å². The van der Waals surface area contributed by atoms with Crippen molar-refractivity contribution < 1.29 is 18.6 Å². The van der Waals surface area contributed by atoms with E-state index in [1.54, 1.807) is 6.92 Å². The van der Waals surface area contributed by atoms with E-state index < -0.39 is 19.5 Å². The third-order valence-electron chi connectivity index (χ3n) is 1.34. The van der Waals surface area contributed by atoms with E-state index >= 15 is 0 Å². The third-order valence-corrected chi connectivity index (χ3v) is 2.69. The molecular formula is C6H8O4P+. The summed E-state index contributed by atoms with van der Waals surface area (Å²) in [6, 6.07) is 0. The van der Waals surface area contributed by atoms with E-state index in [0.29, 0.717) is 6.42 Å². The molecule has 0 N–H and O–H groups in total. The van der Waals surface area contributed by atoms with Gasteiger partial charge in [0.25, 0.3) is 0 Å². The van der Waals surface area contributed by atoms with E-state index in [2.05, 4.69) is 11.1 Å². The smallest absolute Gasteiger partial charge is 0.383 e. The molecule has 2 unspecified atom stereocenters. The van der Waals surface area contributed by atoms with Crippen LogP contribution in [-0.2, 0) is 18.6 Å². The first-order valence-electron chi connectivity index (χ1n) is 3.16. The lowest BCUT2D eigenvalue weighted by Crippen LogP contribution is -2.16. The summed E-state index contributed by atoms with van der Waals surface area (Å²) in [6.45, 7) is 4.94. The minimum atomic E-state index is -1.80. The van der Waals surface area contributed by atoms with E-state index in [-0.39, 0.29) is 0 Å². The number of ether oxygens (including phenoxy) is 1. The average molecular weight is 175 g/mol. The average Bonchev–Trinajstić information content (AvgIpc) is 2.62. The third kappa shape index (κ3) is 1.47. The second-order valence-corrected chi connectivity index (χ2v) is 3.42. The van der Waals surface area contributed by atoms with Crippen LogP contribution in [0.3, 0.4) is 0 Å². The molecule has 4 nitrogen and oxygen atoms in total. The Bertz CT molecular complexity index is 225. The van der Waals surface area contributed by atoms with Crippen molar-refractivity contribution in [3.63, 3.8) is 0 Å². The summed E-state index contributed by atoms with van der Waals surface area (Å²) in [5.74, 6) is -0.604. The first-order valence-corrected chi connectivity index (χ1v) is 4.34. The molecule has 0 saturated carbocycles. The minimum absolute atomic E-state index is 0.405. The Balaban J connectivity index is 2.54. The monoisotopic (exact) mass is 175 g/mol. The zero-order valence-corrected chi connectivity index (χ0v) is 6.97. The fourth-order valence-corrected chi connectivity index (χ4v) is 1.54. The lowest BCUT2D eigenvalue weighted by Gasteiger charge is -1.96. The molecule has 5 heteroatoms. The van der Waals surface area contributed by atoms with Crippen LogP contribution in [-0.4, -0.2) is 11.5 Å². The number of hydrogen-bond acceptors (Lipinski definition) is 4. The van der Waals surface area contributed by atoms with Gasteiger partial charge in [0, 0.05) is 6.08 Å². The molecule has 0 aromatic carbocycles. The van der Waals surface area contributed by atoms with Crippen molar-refractivity contribution in [1.29, 1.82) is 0 Å². The maximum Gasteiger partial charge on any atom is 0.602 e. The molecule has 0 bridgehead atoms. The molecule has 1 heterocycles. The molecule has 0 amide bonds. The maximum atomic E-state index is 10.7. The zero-order chi connectivity index (χ0) is 8.48. The van der Waals surface area contributed by atoms with Gasteiger partial charge in [-0.25, -0.2) is 4.79 Å². The van der Waals surface area contributed by atoms with Crippen LogP contribution in [0.4, 0.5) is 0 Å². The van der Waals surface area contributed by atoms with E-state index in [1.807, 2.05) is 0 Å². The summed E-state index contributed by atoms with van der Waals surface area (Å²) < 4.78 is 20.0. The van der Waals surface area contributed by atoms with Crippen molar-refractivity contribution in [2.24, 2.45) is 0 Å². The SMILES string of the molecule is C=CC(=O)OC1(CC)O[P+]1=O. The highest BCUT2D eigenvalue weighted by atomic mass is 31.1. The van der Waals surface area contributed by atoms with Gasteiger partial charge in [-0.05, 0) is 9.09 Å². The van der Waals surface area contributed by atoms with Crippen molar-refractivity contribution in [3.8, 4) is 0 Å². The van der Waals surface area contributed by atoms with Crippen LogP contribution in [0.1, 0.15) is 13.3 Å². The zero-order valence-electron chi connectivity index (χ0n) is 6.07. The first-order chi connectivity index (χ1) is 5.14. The standard InChI is InChI=1S/C6H8O4P/c1-3-5(7)9-6(4-2)10-11(6)8/h3H,1,4H2,2H3/q+1. The number of carbonyl (C=O) groups excluding carboxylic acids is 1. The molecule has 1 fully saturated rings. The second kappa shape index (κ2) is 2.72. The van der Waals surface area contributed by atoms with Crippen LogP contribution in [0.2, 0.25) is 0 Å². The Kier molecular flexibility index (Phi) is 2.07. The molecular weight excluding hydrogens is 167 g/mol. The number of esters is 1. The quantitative estimate of drug-likeness (QED) is 0.282. The van der Waals surface area contributed by atoms with Crippen molar-refractivity contribution in [2.45, 2.75) is 18.9 Å². The Morgan fingerprint density at radius 3 is 2.73 bits per heavy atom. The summed E-state index contributed by atoms with van der Waals surface area (Å²) in [5, 5.41) is 0. The molecule has 0 spiro atoms. The van der Waals surface area contributed by atoms with E-state index in [1.165, 1.54) is 0 Å². The molecule has 0 aromatic heterocycles. The summed E-state index contributed by atoms with van der Waals surface area (Å²) in [7, 11) is -1.80. The van der Waals surface area contributed by atoms with Crippen LogP contribution in [0, 0.1) is 0 Å². The van der Waals surface area contributed by atoms with Crippen molar-refractivity contribution in [1.82, 2.24) is 0 Å². The topological polar surface area (TPSA) is 55.9 Å². The summed E-state index contributed by atoms with van der Waals surface area (Å²) in [5.41, 5.74) is -1.14. The highest BCUT2D eigenvalue weighted by Crippen LogP contribution is 2.63. The molecule has 1 saturated heterocycles. The molecule has 2 atom stereocenters. The van der Waals surface area contributed by atoms with Crippen LogP contribution in [0.5, 0.6) is 0 Å². The molecule has 1 aliphatic heterocycles. The lowest BCUT2D eigenvalue weighted by molar-refractivity contribution is -0.152. The molecule has 11 heavy (non-hydrogen) atoms. The molecule has 0 aromatic rings.